The summed E-state index contributed by atoms with van der Waals surface area (Å²) in [5, 5.41) is 26.8. The molecule has 15 rings (SSSR count). The number of hydrogen-bond donors (Lipinski definition) is 0. The van der Waals surface area contributed by atoms with E-state index >= 15 is 0 Å². The summed E-state index contributed by atoms with van der Waals surface area (Å²) in [4.78, 5) is 12.3. The zero-order valence-electron chi connectivity index (χ0n) is 36.6. The maximum Gasteiger partial charge on any atom is 0.0991 e. The summed E-state index contributed by atoms with van der Waals surface area (Å²) in [7, 11) is 0. The van der Waals surface area contributed by atoms with Crippen LogP contribution in [0.5, 0.6) is 0 Å². The minimum absolute atomic E-state index is 0.619. The highest BCUT2D eigenvalue weighted by atomic mass is 32.2. The molecular formula is C61H33N7S. The van der Waals surface area contributed by atoms with E-state index in [9.17, 15) is 10.5 Å². The maximum atomic E-state index is 10.2. The second-order valence-electron chi connectivity index (χ2n) is 18.0. The topological polar surface area (TPSA) is 88.1 Å². The van der Waals surface area contributed by atoms with Crippen molar-refractivity contribution >= 4 is 77.2 Å². The highest BCUT2D eigenvalue weighted by Gasteiger charge is 2.51. The number of fused-ring (bicyclic) bond motifs is 18. The SMILES string of the molecule is N#Cc1ccc2c(c1)c1ccccc1n2-c1ccc2c(c1)Sc1cc(-n3c4ccc(C#N)cc4c4cc(-n5c6ccccc6c6ccccc65)ccc43)ccc1C21c2cccnc2-c2ncccc21. The molecule has 69 heavy (non-hydrogen) atoms. The Morgan fingerprint density at radius 1 is 0.362 bits per heavy atom. The quantitative estimate of drug-likeness (QED) is 0.176. The van der Waals surface area contributed by atoms with Gasteiger partial charge in [0.05, 0.1) is 73.2 Å². The first-order valence-corrected chi connectivity index (χ1v) is 23.7. The van der Waals surface area contributed by atoms with Gasteiger partial charge >= 0.3 is 0 Å². The lowest BCUT2D eigenvalue weighted by molar-refractivity contribution is 0.718. The van der Waals surface area contributed by atoms with Gasteiger partial charge in [0.1, 0.15) is 0 Å². The van der Waals surface area contributed by atoms with Gasteiger partial charge in [-0.1, -0.05) is 90.6 Å². The fourth-order valence-corrected chi connectivity index (χ4v) is 13.1. The van der Waals surface area contributed by atoms with Gasteiger partial charge in [-0.25, -0.2) is 0 Å². The zero-order valence-corrected chi connectivity index (χ0v) is 37.4. The molecule has 0 saturated heterocycles. The Labute approximate surface area is 399 Å². The van der Waals surface area contributed by atoms with E-state index in [1.54, 1.807) is 11.8 Å². The summed E-state index contributed by atoms with van der Waals surface area (Å²) in [6.45, 7) is 0. The molecule has 8 aromatic carbocycles. The number of aromatic nitrogens is 5. The van der Waals surface area contributed by atoms with Gasteiger partial charge in [0, 0.05) is 71.6 Å². The van der Waals surface area contributed by atoms with Gasteiger partial charge in [-0.15, -0.1) is 0 Å². The van der Waals surface area contributed by atoms with E-state index in [0.717, 1.165) is 104 Å². The molecule has 6 heterocycles. The number of pyridine rings is 2. The van der Waals surface area contributed by atoms with Crippen molar-refractivity contribution in [1.29, 1.82) is 10.5 Å². The zero-order chi connectivity index (χ0) is 45.5. The third kappa shape index (κ3) is 5.00. The van der Waals surface area contributed by atoms with Crippen LogP contribution in [0.2, 0.25) is 0 Å². The minimum atomic E-state index is -0.692. The molecule has 0 radical (unpaired) electrons. The van der Waals surface area contributed by atoms with E-state index in [1.807, 2.05) is 48.8 Å². The summed E-state index contributed by atoms with van der Waals surface area (Å²) in [6, 6.07) is 71.6. The monoisotopic (exact) mass is 895 g/mol. The fraction of sp³-hybridized carbons (Fsp3) is 0.0164. The third-order valence-corrected chi connectivity index (χ3v) is 15.8. The van der Waals surface area contributed by atoms with Crippen molar-refractivity contribution in [3.05, 3.63) is 234 Å². The van der Waals surface area contributed by atoms with Crippen LogP contribution in [0.3, 0.4) is 0 Å². The number of para-hydroxylation sites is 3. The van der Waals surface area contributed by atoms with E-state index in [0.29, 0.717) is 11.1 Å². The molecule has 0 amide bonds. The second kappa shape index (κ2) is 13.9. The highest BCUT2D eigenvalue weighted by molar-refractivity contribution is 7.99. The molecule has 0 atom stereocenters. The van der Waals surface area contributed by atoms with Gasteiger partial charge in [-0.2, -0.15) is 10.5 Å². The standard InChI is InChI=1S/C61H33N7S/c62-34-36-17-24-54-44(29-36)43-11-3-6-16-53(43)67(54)39-19-22-47-57(32-39)69-58-33-40(20-23-48(58)61(47)49-12-7-27-64-59(49)60-50(61)13-8-28-65-60)68-55-25-18-37(35-63)30-45(55)46-31-38(21-26-56(46)68)66-51-14-4-1-9-41(51)42-10-2-5-15-52(42)66/h1-33H. The number of benzene rings is 8. The summed E-state index contributed by atoms with van der Waals surface area (Å²) in [6.07, 6.45) is 3.74. The minimum Gasteiger partial charge on any atom is -0.309 e. The predicted octanol–water partition coefficient (Wildman–Crippen LogP) is 14.3. The lowest BCUT2D eigenvalue weighted by Crippen LogP contribution is -2.32. The first kappa shape index (κ1) is 38.0. The smallest absolute Gasteiger partial charge is 0.0991 e. The average Bonchev–Trinajstić information content (AvgIpc) is 4.12. The van der Waals surface area contributed by atoms with Crippen LogP contribution in [0.1, 0.15) is 33.4 Å². The first-order chi connectivity index (χ1) is 34.1. The number of hydrogen-bond acceptors (Lipinski definition) is 5. The first-order valence-electron chi connectivity index (χ1n) is 22.9. The van der Waals surface area contributed by atoms with E-state index in [1.165, 1.54) is 21.9 Å². The van der Waals surface area contributed by atoms with E-state index < -0.39 is 5.41 Å². The van der Waals surface area contributed by atoms with Crippen LogP contribution < -0.4 is 0 Å². The Kier molecular flexibility index (Phi) is 7.65. The molecule has 0 unspecified atom stereocenters. The van der Waals surface area contributed by atoms with E-state index in [-0.39, 0.29) is 0 Å². The Morgan fingerprint density at radius 3 is 1.25 bits per heavy atom. The molecule has 0 fully saturated rings. The average molecular weight is 896 g/mol. The summed E-state index contributed by atoms with van der Waals surface area (Å²) in [5.74, 6) is 0. The largest absolute Gasteiger partial charge is 0.309 e. The molecular weight excluding hydrogens is 863 g/mol. The van der Waals surface area contributed by atoms with Crippen LogP contribution in [0.25, 0.3) is 93.9 Å². The lowest BCUT2D eigenvalue weighted by atomic mass is 9.67. The van der Waals surface area contributed by atoms with Gasteiger partial charge < -0.3 is 13.7 Å². The molecule has 1 aliphatic carbocycles. The van der Waals surface area contributed by atoms with Crippen molar-refractivity contribution in [2.24, 2.45) is 0 Å². The molecule has 8 heteroatoms. The molecule has 5 aromatic heterocycles. The fourth-order valence-electron chi connectivity index (χ4n) is 11.9. The molecule has 0 bridgehead atoms. The molecule has 7 nitrogen and oxygen atoms in total. The van der Waals surface area contributed by atoms with Crippen molar-refractivity contribution in [1.82, 2.24) is 23.7 Å². The van der Waals surface area contributed by atoms with Crippen LogP contribution in [0.15, 0.2) is 210 Å². The van der Waals surface area contributed by atoms with Gasteiger partial charge in [-0.3, -0.25) is 9.97 Å². The summed E-state index contributed by atoms with van der Waals surface area (Å²) < 4.78 is 7.03. The molecule has 1 aliphatic heterocycles. The molecule has 2 aliphatic rings. The Hall–Kier alpha value is -9.21. The van der Waals surface area contributed by atoms with E-state index in [2.05, 4.69) is 177 Å². The van der Waals surface area contributed by atoms with Gasteiger partial charge in [0.15, 0.2) is 0 Å². The molecule has 318 valence electrons. The maximum absolute atomic E-state index is 10.2. The highest BCUT2D eigenvalue weighted by Crippen LogP contribution is 2.62. The van der Waals surface area contributed by atoms with Crippen molar-refractivity contribution in [3.8, 4) is 40.6 Å². The Balaban J connectivity index is 0.975. The van der Waals surface area contributed by atoms with Crippen molar-refractivity contribution in [2.45, 2.75) is 15.2 Å². The van der Waals surface area contributed by atoms with Crippen molar-refractivity contribution in [3.63, 3.8) is 0 Å². The van der Waals surface area contributed by atoms with Crippen LogP contribution in [-0.2, 0) is 5.41 Å². The molecule has 1 spiro atoms. The molecule has 0 saturated carbocycles. The van der Waals surface area contributed by atoms with Crippen molar-refractivity contribution < 1.29 is 0 Å². The van der Waals surface area contributed by atoms with Crippen molar-refractivity contribution in [2.75, 3.05) is 0 Å². The summed E-state index contributed by atoms with van der Waals surface area (Å²) >= 11 is 1.80. The van der Waals surface area contributed by atoms with E-state index in [4.69, 9.17) is 9.97 Å². The normalized spacial score (nSPS) is 13.2. The third-order valence-electron chi connectivity index (χ3n) is 14.6. The van der Waals surface area contributed by atoms with Gasteiger partial charge in [0.2, 0.25) is 0 Å². The van der Waals surface area contributed by atoms with Crippen LogP contribution >= 0.6 is 11.8 Å². The second-order valence-corrected chi connectivity index (χ2v) is 19.0. The van der Waals surface area contributed by atoms with Crippen LogP contribution in [-0.4, -0.2) is 23.7 Å². The van der Waals surface area contributed by atoms with Crippen LogP contribution in [0, 0.1) is 22.7 Å². The van der Waals surface area contributed by atoms with Crippen LogP contribution in [0.4, 0.5) is 0 Å². The molecule has 13 aromatic rings. The van der Waals surface area contributed by atoms with Gasteiger partial charge in [0.25, 0.3) is 0 Å². The number of nitriles is 2. The Bertz CT molecular complexity index is 4420. The van der Waals surface area contributed by atoms with Gasteiger partial charge in [-0.05, 0) is 131 Å². The lowest BCUT2D eigenvalue weighted by Gasteiger charge is -2.39. The summed E-state index contributed by atoms with van der Waals surface area (Å²) in [5.41, 5.74) is 16.6. The number of nitrogens with zero attached hydrogens (tertiary/aromatic N) is 7. The predicted molar refractivity (Wildman–Crippen MR) is 276 cm³/mol. The number of rotatable bonds is 3. The molecule has 0 N–H and O–H groups in total. The Morgan fingerprint density at radius 2 is 0.754 bits per heavy atom.